The zero-order chi connectivity index (χ0) is 77.4. The number of halogens is 2. The highest BCUT2D eigenvalue weighted by atomic mass is 127. The van der Waals surface area contributed by atoms with Crippen LogP contribution in [0.1, 0.15) is 58.8 Å². The smallest absolute Gasteiger partial charge is 0.357 e. The van der Waals surface area contributed by atoms with Gasteiger partial charge < -0.3 is 112 Å². The van der Waals surface area contributed by atoms with Crippen molar-refractivity contribution in [3.8, 4) is 0 Å². The monoisotopic (exact) mass is 1740 g/mol. The molecule has 20 unspecified atom stereocenters. The maximum atomic E-state index is 11.9. The zero-order valence-electron chi connectivity index (χ0n) is 56.6. The van der Waals surface area contributed by atoms with Crippen LogP contribution < -0.4 is 57.1 Å². The molecule has 10 aromatic rings. The lowest BCUT2D eigenvalue weighted by Gasteiger charge is -2.24. The van der Waals surface area contributed by atoms with Crippen molar-refractivity contribution < 1.29 is 83.5 Å². The molecule has 17 rings (SSSR count). The number of aliphatic hydroxyl groups is 8. The standard InChI is InChI=1S/C13H16IN5O4.C13H17N5O5.C10H12IN5O4.C10H12N8O4.C10H13N5O5/c1-13(2)22-7-6(5-14)21-9(8(7)23-13)18-3-4-19-11(18)16-10(15)17-12(19)20;1-13(2)22-7-6(5-19)21-9(8(7)23-13)17-3-4-18-11(17)15-10(14)16-12(18)20;11-3-4-5(17)6(18)7(20-4)15-1-2-16-9(15)13-8(12)14-10(16)19;11-8-14-9-17(1-2-18(9)10(21)15-8)7-6(20)5(19)4(22-7)3-13-16-12;11-8-12-9-14(1-2-15(9)10(19)13-8)7-6(18)5(17)4(3-16)20-7/h3-4,6-9H,5H2,1-2H3,(H2,15,17,20);3-4,6-9,19H,5H2,1-2H3,(H2,14,16,20);1-2,4-7,17-18H,3H2,(H2,12,14,19);1-2,4-7,19-20H,3H2,(H2,11,15,21);1-2,4-7,16-18H,3H2,(H2,11,13,19). The summed E-state index contributed by atoms with van der Waals surface area (Å²) in [5, 5.41) is 81.6. The van der Waals surface area contributed by atoms with Crippen LogP contribution in [0.2, 0.25) is 0 Å². The van der Waals surface area contributed by atoms with Crippen LogP contribution in [-0.2, 0) is 42.6 Å². The number of nitrogens with two attached hydrogens (primary N) is 5. The molecule has 7 saturated heterocycles. The van der Waals surface area contributed by atoms with Crippen LogP contribution in [0.25, 0.3) is 39.3 Å². The number of nitrogens with zero attached hydrogens (tertiary/aromatic N) is 23. The van der Waals surface area contributed by atoms with E-state index in [0.717, 1.165) is 13.2 Å². The number of hydrogen-bond donors (Lipinski definition) is 13. The first kappa shape index (κ1) is 77.0. The second-order valence-corrected chi connectivity index (χ2v) is 27.4. The minimum atomic E-state index is -1.29. The molecule has 7 aliphatic heterocycles. The molecule has 18 N–H and O–H groups in total. The minimum absolute atomic E-state index is 0.0705. The summed E-state index contributed by atoms with van der Waals surface area (Å²) in [7, 11) is 0. The molecule has 7 aliphatic rings. The minimum Gasteiger partial charge on any atom is -0.394 e. The molecule has 7 fully saturated rings. The Balaban J connectivity index is 0.000000119. The fourth-order valence-electron chi connectivity index (χ4n) is 13.1. The summed E-state index contributed by atoms with van der Waals surface area (Å²) in [4.78, 5) is 99.1. The molecule has 108 heavy (non-hydrogen) atoms. The summed E-state index contributed by atoms with van der Waals surface area (Å²) in [6.45, 7) is 6.58. The van der Waals surface area contributed by atoms with E-state index >= 15 is 0 Å². The van der Waals surface area contributed by atoms with Crippen LogP contribution in [0, 0.1) is 0 Å². The maximum Gasteiger partial charge on any atom is 0.357 e. The topological polar surface area (TPSA) is 685 Å². The first-order valence-corrected chi connectivity index (χ1v) is 35.5. The lowest BCUT2D eigenvalue weighted by atomic mass is 10.1. The molecule has 0 saturated carbocycles. The second-order valence-electron chi connectivity index (χ2n) is 25.7. The van der Waals surface area contributed by atoms with Gasteiger partial charge in [0, 0.05) is 75.7 Å². The van der Waals surface area contributed by atoms with Crippen molar-refractivity contribution in [1.29, 1.82) is 0 Å². The van der Waals surface area contributed by atoms with E-state index in [1.165, 1.54) is 70.3 Å². The van der Waals surface area contributed by atoms with Crippen LogP contribution in [0.4, 0.5) is 29.7 Å². The van der Waals surface area contributed by atoms with Gasteiger partial charge in [0.25, 0.3) is 0 Å². The number of aromatic nitrogens is 20. The van der Waals surface area contributed by atoms with Crippen molar-refractivity contribution >= 4 is 104 Å². The Morgan fingerprint density at radius 1 is 0.389 bits per heavy atom. The van der Waals surface area contributed by atoms with Gasteiger partial charge in [-0.1, -0.05) is 50.3 Å². The van der Waals surface area contributed by atoms with Crippen LogP contribution >= 0.6 is 45.2 Å². The van der Waals surface area contributed by atoms with E-state index in [1.54, 1.807) is 41.6 Å². The Labute approximate surface area is 627 Å². The van der Waals surface area contributed by atoms with Crippen molar-refractivity contribution in [2.75, 3.05) is 57.3 Å². The van der Waals surface area contributed by atoms with Crippen LogP contribution in [0.5, 0.6) is 0 Å². The summed E-state index contributed by atoms with van der Waals surface area (Å²) in [6, 6.07) is 0. The lowest BCUT2D eigenvalue weighted by Crippen LogP contribution is -2.33. The molecule has 50 nitrogen and oxygen atoms in total. The molecule has 0 bridgehead atoms. The van der Waals surface area contributed by atoms with Gasteiger partial charge in [0.05, 0.1) is 38.1 Å². The van der Waals surface area contributed by atoms with Gasteiger partial charge in [-0.2, -0.15) is 49.8 Å². The van der Waals surface area contributed by atoms with E-state index in [9.17, 15) is 59.7 Å². The van der Waals surface area contributed by atoms with Crippen LogP contribution in [0.3, 0.4) is 0 Å². The number of anilines is 5. The molecule has 580 valence electrons. The van der Waals surface area contributed by atoms with E-state index in [2.05, 4.69) is 105 Å². The molecule has 52 heteroatoms. The van der Waals surface area contributed by atoms with Gasteiger partial charge in [-0.05, 0) is 33.2 Å². The lowest BCUT2D eigenvalue weighted by molar-refractivity contribution is -0.199. The summed E-state index contributed by atoms with van der Waals surface area (Å²) in [5.74, 6) is -1.13. The predicted molar refractivity (Wildman–Crippen MR) is 377 cm³/mol. The highest BCUT2D eigenvalue weighted by Crippen LogP contribution is 2.45. The molecule has 0 spiro atoms. The number of azide groups is 1. The van der Waals surface area contributed by atoms with E-state index in [-0.39, 0.29) is 84.3 Å². The number of alkyl halides is 2. The third-order valence-electron chi connectivity index (χ3n) is 17.9. The molecule has 0 amide bonds. The Morgan fingerprint density at radius 3 is 0.944 bits per heavy atom. The number of ether oxygens (including phenoxy) is 9. The third kappa shape index (κ3) is 14.5. The van der Waals surface area contributed by atoms with Crippen molar-refractivity contribution in [1.82, 2.24) is 94.7 Å². The van der Waals surface area contributed by atoms with Crippen LogP contribution in [-0.4, -0.2) is 267 Å². The zero-order valence-corrected chi connectivity index (χ0v) is 60.9. The van der Waals surface area contributed by atoms with E-state index in [0.29, 0.717) is 10.2 Å². The van der Waals surface area contributed by atoms with Crippen molar-refractivity contribution in [2.24, 2.45) is 5.11 Å². The third-order valence-corrected chi connectivity index (χ3v) is 19.6. The van der Waals surface area contributed by atoms with E-state index < -0.39 is 151 Å². The molecule has 0 aromatic carbocycles. The number of fused-ring (bicyclic) bond motifs is 7. The van der Waals surface area contributed by atoms with Gasteiger partial charge in [0.15, 0.2) is 42.7 Å². The Kier molecular flexibility index (Phi) is 21.7. The summed E-state index contributed by atoms with van der Waals surface area (Å²) in [6.07, 6.45) is -0.0658. The van der Waals surface area contributed by atoms with Crippen molar-refractivity contribution in [2.45, 2.75) is 162 Å². The quantitative estimate of drug-likeness (QED) is 0.0188. The van der Waals surface area contributed by atoms with E-state index in [1.807, 2.05) is 13.8 Å². The van der Waals surface area contributed by atoms with Gasteiger partial charge in [-0.25, -0.2) is 46.0 Å². The fourth-order valence-corrected chi connectivity index (χ4v) is 14.6. The van der Waals surface area contributed by atoms with Gasteiger partial charge in [-0.3, -0.25) is 22.8 Å². The summed E-state index contributed by atoms with van der Waals surface area (Å²) in [5.41, 5.74) is 33.0. The first-order valence-electron chi connectivity index (χ1n) is 32.4. The molecular formula is C56H70I2N28O22. The summed E-state index contributed by atoms with van der Waals surface area (Å²) >= 11 is 4.33. The predicted octanol–water partition coefficient (Wildman–Crippen LogP) is -6.78. The average Bonchev–Trinajstić information content (AvgIpc) is 1.60. The second kappa shape index (κ2) is 30.4. The van der Waals surface area contributed by atoms with E-state index in [4.69, 9.17) is 81.9 Å². The highest BCUT2D eigenvalue weighted by Gasteiger charge is 2.58. The number of imidazole rings is 5. The van der Waals surface area contributed by atoms with Gasteiger partial charge in [0.1, 0.15) is 73.2 Å². The molecule has 20 atom stereocenters. The average molecular weight is 1740 g/mol. The van der Waals surface area contributed by atoms with Gasteiger partial charge in [0.2, 0.25) is 58.6 Å². The number of rotatable bonds is 11. The molecule has 0 radical (unpaired) electrons. The maximum absolute atomic E-state index is 11.9. The normalized spacial score (nSPS) is 30.7. The summed E-state index contributed by atoms with van der Waals surface area (Å²) < 4.78 is 67.0. The first-order chi connectivity index (χ1) is 51.4. The molecule has 10 aromatic heterocycles. The number of nitrogen functional groups attached to an aromatic ring is 5. The Morgan fingerprint density at radius 2 is 0.648 bits per heavy atom. The number of aliphatic hydroxyl groups excluding tert-OH is 8. The fraction of sp³-hybridized carbons (Fsp3) is 0.554. The van der Waals surface area contributed by atoms with Gasteiger partial charge >= 0.3 is 28.4 Å². The van der Waals surface area contributed by atoms with Gasteiger partial charge in [-0.15, -0.1) is 0 Å². The van der Waals surface area contributed by atoms with Crippen molar-refractivity contribution in [3.63, 3.8) is 0 Å². The van der Waals surface area contributed by atoms with Crippen LogP contribution in [0.15, 0.2) is 91.1 Å². The Bertz CT molecular complexity index is 5090. The highest BCUT2D eigenvalue weighted by molar-refractivity contribution is 14.1. The largest absolute Gasteiger partial charge is 0.394 e. The number of hydrogen-bond acceptors (Lipinski definition) is 38. The molecule has 17 heterocycles. The molecular weight excluding hydrogens is 1670 g/mol. The van der Waals surface area contributed by atoms with Crippen molar-refractivity contribution in [3.05, 3.63) is 125 Å². The SMILES string of the molecule is CC1(C)OC2C(CI)OC(n3ccn4c(=O)nc(N)nc34)C2O1.CC1(C)OC2C(CO)OC(n3ccn4c(=O)nc(N)nc34)C2O1.Nc1nc(=O)n2ccn(C3OC(CI)C(O)C3O)c2n1.Nc1nc(=O)n2ccn(C3OC(CO)C(O)C3O)c2n1.[N-]=[N+]=NCC1OC(n2ccn3c(=O)nc(N)nc23)C(O)C1O. The Hall–Kier alpha value is -9.16. The molecule has 0 aliphatic carbocycles.